The average molecular weight is 153 g/mol. The predicted molar refractivity (Wildman–Crippen MR) is 48.2 cm³/mol. The third-order valence-corrected chi connectivity index (χ3v) is 1.84. The van der Waals surface area contributed by atoms with E-state index in [2.05, 4.69) is 29.4 Å². The van der Waals surface area contributed by atoms with Crippen LogP contribution in [0.3, 0.4) is 0 Å². The average Bonchev–Trinajstić information content (AvgIpc) is 2.07. The van der Waals surface area contributed by atoms with E-state index >= 15 is 0 Å². The molecule has 1 aliphatic rings. The lowest BCUT2D eigenvalue weighted by Gasteiger charge is -2.25. The minimum Gasteiger partial charge on any atom is -0.375 e. The molecule has 1 aliphatic heterocycles. The SMILES string of the molecule is [CH2]CCC=CN1CCNCC1. The molecule has 1 heterocycles. The van der Waals surface area contributed by atoms with Gasteiger partial charge in [-0.2, -0.15) is 0 Å². The summed E-state index contributed by atoms with van der Waals surface area (Å²) in [4.78, 5) is 2.35. The Balaban J connectivity index is 2.13. The first-order chi connectivity index (χ1) is 5.43. The minimum atomic E-state index is 1.00. The fourth-order valence-electron chi connectivity index (χ4n) is 1.17. The molecular formula is C9H17N2. The molecule has 0 unspecified atom stereocenters. The molecule has 0 aromatic carbocycles. The van der Waals surface area contributed by atoms with Gasteiger partial charge in [0, 0.05) is 26.2 Å². The van der Waals surface area contributed by atoms with Crippen molar-refractivity contribution < 1.29 is 0 Å². The van der Waals surface area contributed by atoms with Gasteiger partial charge in [0.15, 0.2) is 0 Å². The first-order valence-electron chi connectivity index (χ1n) is 4.34. The van der Waals surface area contributed by atoms with E-state index in [1.807, 2.05) is 0 Å². The molecule has 1 saturated heterocycles. The van der Waals surface area contributed by atoms with Crippen molar-refractivity contribution in [1.29, 1.82) is 0 Å². The van der Waals surface area contributed by atoms with Crippen molar-refractivity contribution in [3.8, 4) is 0 Å². The summed E-state index contributed by atoms with van der Waals surface area (Å²) in [5, 5.41) is 3.32. The fourth-order valence-corrected chi connectivity index (χ4v) is 1.17. The molecule has 2 nitrogen and oxygen atoms in total. The van der Waals surface area contributed by atoms with Gasteiger partial charge in [0.2, 0.25) is 0 Å². The molecule has 1 fully saturated rings. The summed E-state index contributed by atoms with van der Waals surface area (Å²) in [7, 11) is 0. The minimum absolute atomic E-state index is 1.00. The third kappa shape index (κ3) is 3.42. The van der Waals surface area contributed by atoms with Crippen LogP contribution in [0.25, 0.3) is 0 Å². The van der Waals surface area contributed by atoms with Gasteiger partial charge in [0.25, 0.3) is 0 Å². The lowest BCUT2D eigenvalue weighted by molar-refractivity contribution is 0.323. The van der Waals surface area contributed by atoms with Gasteiger partial charge < -0.3 is 10.2 Å². The van der Waals surface area contributed by atoms with E-state index in [4.69, 9.17) is 0 Å². The number of piperazine rings is 1. The van der Waals surface area contributed by atoms with Crippen LogP contribution in [0.5, 0.6) is 0 Å². The number of rotatable bonds is 3. The Bertz CT molecular complexity index is 115. The first kappa shape index (κ1) is 8.60. The quantitative estimate of drug-likeness (QED) is 0.651. The second-order valence-electron chi connectivity index (χ2n) is 2.81. The Morgan fingerprint density at radius 3 is 2.73 bits per heavy atom. The lowest BCUT2D eigenvalue weighted by atomic mass is 10.3. The standard InChI is InChI=1S/C9H17N2/c1-2-3-4-7-11-8-5-10-6-9-11/h4,7,10H,1-3,5-6,8-9H2. The number of hydrogen-bond acceptors (Lipinski definition) is 2. The number of nitrogens with zero attached hydrogens (tertiary/aromatic N) is 1. The molecule has 0 spiro atoms. The Morgan fingerprint density at radius 2 is 2.09 bits per heavy atom. The lowest BCUT2D eigenvalue weighted by Crippen LogP contribution is -2.40. The largest absolute Gasteiger partial charge is 0.375 e. The Kier molecular flexibility index (Phi) is 4.06. The zero-order valence-electron chi connectivity index (χ0n) is 7.05. The van der Waals surface area contributed by atoms with Crippen LogP contribution < -0.4 is 5.32 Å². The zero-order valence-corrected chi connectivity index (χ0v) is 7.05. The monoisotopic (exact) mass is 153 g/mol. The molecule has 0 atom stereocenters. The van der Waals surface area contributed by atoms with Gasteiger partial charge in [-0.15, -0.1) is 0 Å². The van der Waals surface area contributed by atoms with Crippen LogP contribution in [-0.2, 0) is 0 Å². The maximum absolute atomic E-state index is 3.79. The molecule has 0 bridgehead atoms. The van der Waals surface area contributed by atoms with Crippen molar-refractivity contribution in [3.63, 3.8) is 0 Å². The highest BCUT2D eigenvalue weighted by Gasteiger charge is 2.02. The van der Waals surface area contributed by atoms with E-state index in [9.17, 15) is 0 Å². The summed E-state index contributed by atoms with van der Waals surface area (Å²) in [5.41, 5.74) is 0. The van der Waals surface area contributed by atoms with Crippen LogP contribution in [0.2, 0.25) is 0 Å². The van der Waals surface area contributed by atoms with Gasteiger partial charge in [-0.25, -0.2) is 0 Å². The van der Waals surface area contributed by atoms with Crippen LogP contribution in [0.1, 0.15) is 12.8 Å². The normalized spacial score (nSPS) is 19.5. The highest BCUT2D eigenvalue weighted by molar-refractivity contribution is 4.85. The maximum atomic E-state index is 3.79. The van der Waals surface area contributed by atoms with E-state index in [0.29, 0.717) is 0 Å². The van der Waals surface area contributed by atoms with E-state index in [1.165, 1.54) is 0 Å². The maximum Gasteiger partial charge on any atom is 0.0298 e. The highest BCUT2D eigenvalue weighted by atomic mass is 15.2. The van der Waals surface area contributed by atoms with E-state index in [0.717, 1.165) is 39.0 Å². The molecule has 1 N–H and O–H groups in total. The Hall–Kier alpha value is -0.500. The van der Waals surface area contributed by atoms with Crippen molar-refractivity contribution in [3.05, 3.63) is 19.2 Å². The van der Waals surface area contributed by atoms with Crippen LogP contribution in [-0.4, -0.2) is 31.1 Å². The van der Waals surface area contributed by atoms with Crippen LogP contribution in [0.4, 0.5) is 0 Å². The molecule has 0 amide bonds. The Morgan fingerprint density at radius 1 is 1.36 bits per heavy atom. The topological polar surface area (TPSA) is 15.3 Å². The van der Waals surface area contributed by atoms with Crippen LogP contribution >= 0.6 is 0 Å². The molecule has 11 heavy (non-hydrogen) atoms. The van der Waals surface area contributed by atoms with E-state index in [1.54, 1.807) is 0 Å². The van der Waals surface area contributed by atoms with Crippen molar-refractivity contribution in [1.82, 2.24) is 10.2 Å². The van der Waals surface area contributed by atoms with Crippen molar-refractivity contribution >= 4 is 0 Å². The van der Waals surface area contributed by atoms with Crippen LogP contribution in [0.15, 0.2) is 12.3 Å². The summed E-state index contributed by atoms with van der Waals surface area (Å²) in [6, 6.07) is 0. The van der Waals surface area contributed by atoms with Crippen molar-refractivity contribution in [2.75, 3.05) is 26.2 Å². The highest BCUT2D eigenvalue weighted by Crippen LogP contribution is 1.95. The predicted octanol–water partition coefficient (Wildman–Crippen LogP) is 1.02. The van der Waals surface area contributed by atoms with Crippen molar-refractivity contribution in [2.45, 2.75) is 12.8 Å². The van der Waals surface area contributed by atoms with E-state index < -0.39 is 0 Å². The number of unbranched alkanes of at least 4 members (excludes halogenated alkanes) is 1. The molecule has 1 rings (SSSR count). The first-order valence-corrected chi connectivity index (χ1v) is 4.34. The smallest absolute Gasteiger partial charge is 0.0298 e. The molecule has 1 radical (unpaired) electrons. The zero-order chi connectivity index (χ0) is 7.94. The Labute approximate surface area is 69.3 Å². The molecule has 63 valence electrons. The fraction of sp³-hybridized carbons (Fsp3) is 0.667. The second-order valence-corrected chi connectivity index (χ2v) is 2.81. The molecule has 0 saturated carbocycles. The van der Waals surface area contributed by atoms with E-state index in [-0.39, 0.29) is 0 Å². The summed E-state index contributed by atoms with van der Waals surface area (Å²) in [5.74, 6) is 0. The molecule has 2 heteroatoms. The second kappa shape index (κ2) is 5.19. The summed E-state index contributed by atoms with van der Waals surface area (Å²) >= 11 is 0. The number of nitrogens with one attached hydrogen (secondary N) is 1. The third-order valence-electron chi connectivity index (χ3n) is 1.84. The van der Waals surface area contributed by atoms with Gasteiger partial charge >= 0.3 is 0 Å². The molecule has 0 aromatic heterocycles. The summed E-state index contributed by atoms with van der Waals surface area (Å²) in [6.45, 7) is 8.32. The molecular weight excluding hydrogens is 136 g/mol. The van der Waals surface area contributed by atoms with Gasteiger partial charge in [-0.05, 0) is 19.0 Å². The van der Waals surface area contributed by atoms with Gasteiger partial charge in [-0.3, -0.25) is 0 Å². The number of allylic oxidation sites excluding steroid dienone is 1. The van der Waals surface area contributed by atoms with Crippen molar-refractivity contribution in [2.24, 2.45) is 0 Å². The van der Waals surface area contributed by atoms with Crippen LogP contribution in [0, 0.1) is 6.92 Å². The van der Waals surface area contributed by atoms with Gasteiger partial charge in [0.05, 0.1) is 0 Å². The van der Waals surface area contributed by atoms with Gasteiger partial charge in [-0.1, -0.05) is 13.0 Å². The van der Waals surface area contributed by atoms with Gasteiger partial charge in [0.1, 0.15) is 0 Å². The summed E-state index contributed by atoms with van der Waals surface area (Å²) < 4.78 is 0. The number of hydrogen-bond donors (Lipinski definition) is 1. The molecule has 0 aromatic rings. The molecule has 0 aliphatic carbocycles. The summed E-state index contributed by atoms with van der Waals surface area (Å²) in [6.07, 6.45) is 6.51.